The molecule has 7 heteroatoms. The van der Waals surface area contributed by atoms with E-state index in [0.717, 1.165) is 22.2 Å². The second kappa shape index (κ2) is 6.60. The Morgan fingerprint density at radius 2 is 2.14 bits per heavy atom. The van der Waals surface area contributed by atoms with Crippen molar-refractivity contribution < 1.29 is 18.7 Å². The number of halogens is 1. The topological polar surface area (TPSA) is 84.8 Å². The van der Waals surface area contributed by atoms with Crippen molar-refractivity contribution in [3.63, 3.8) is 0 Å². The van der Waals surface area contributed by atoms with Crippen molar-refractivity contribution in [2.45, 2.75) is 19.9 Å². The first-order chi connectivity index (χ1) is 13.5. The molecule has 1 aromatic carbocycles. The molecule has 0 spiro atoms. The van der Waals surface area contributed by atoms with Gasteiger partial charge in [0.25, 0.3) is 0 Å². The van der Waals surface area contributed by atoms with Crippen molar-refractivity contribution in [1.29, 1.82) is 0 Å². The maximum Gasteiger partial charge on any atom is 0.341 e. The van der Waals surface area contributed by atoms with E-state index in [1.807, 2.05) is 37.3 Å². The van der Waals surface area contributed by atoms with Gasteiger partial charge in [0.2, 0.25) is 5.43 Å². The number of aromatic carboxylic acids is 1. The number of aromatic nitrogens is 1. The van der Waals surface area contributed by atoms with Crippen LogP contribution in [0.4, 0.5) is 4.39 Å². The lowest BCUT2D eigenvalue weighted by Crippen LogP contribution is -2.25. The number of hydrogen-bond acceptors (Lipinski definition) is 4. The molecule has 1 N–H and O–H groups in total. The highest BCUT2D eigenvalue weighted by molar-refractivity contribution is 6.15. The third-order valence-electron chi connectivity index (χ3n) is 4.93. The number of aryl methyl sites for hydroxylation is 2. The van der Waals surface area contributed by atoms with E-state index in [1.165, 1.54) is 10.8 Å². The Morgan fingerprint density at radius 3 is 2.82 bits per heavy atom. The summed E-state index contributed by atoms with van der Waals surface area (Å²) in [5.41, 5.74) is 1.11. The Morgan fingerprint density at radius 1 is 1.36 bits per heavy atom. The number of rotatable bonds is 3. The summed E-state index contributed by atoms with van der Waals surface area (Å²) in [6.07, 6.45) is 5.43. The highest BCUT2D eigenvalue weighted by Gasteiger charge is 2.30. The normalized spacial score (nSPS) is 13.8. The number of carboxylic acid groups (broad SMARTS) is 1. The van der Waals surface area contributed by atoms with Gasteiger partial charge in [-0.3, -0.25) is 9.79 Å². The Labute approximate surface area is 159 Å². The van der Waals surface area contributed by atoms with Crippen molar-refractivity contribution in [3.05, 3.63) is 69.3 Å². The van der Waals surface area contributed by atoms with Crippen LogP contribution >= 0.6 is 0 Å². The second-order valence-electron chi connectivity index (χ2n) is 6.48. The van der Waals surface area contributed by atoms with E-state index in [0.29, 0.717) is 18.5 Å². The van der Waals surface area contributed by atoms with Gasteiger partial charge in [-0.1, -0.05) is 18.2 Å². The van der Waals surface area contributed by atoms with E-state index in [-0.39, 0.29) is 11.5 Å². The second-order valence-corrected chi connectivity index (χ2v) is 6.48. The molecular weight excluding hydrogens is 363 g/mol. The quantitative estimate of drug-likeness (QED) is 0.703. The van der Waals surface area contributed by atoms with Crippen LogP contribution in [0.2, 0.25) is 0 Å². The molecule has 0 saturated carbocycles. The maximum absolute atomic E-state index is 14.9. The van der Waals surface area contributed by atoms with Crippen LogP contribution in [0.15, 0.2) is 50.8 Å². The third kappa shape index (κ3) is 2.51. The highest BCUT2D eigenvalue weighted by atomic mass is 19.1. The predicted octanol–water partition coefficient (Wildman–Crippen LogP) is 3.65. The minimum Gasteiger partial charge on any atom is -0.477 e. The van der Waals surface area contributed by atoms with E-state index in [2.05, 4.69) is 4.99 Å². The van der Waals surface area contributed by atoms with E-state index in [9.17, 15) is 14.0 Å². The molecule has 4 rings (SSSR count). The molecule has 6 nitrogen and oxygen atoms in total. The first-order valence-corrected chi connectivity index (χ1v) is 8.78. The Hall–Kier alpha value is -3.48. The van der Waals surface area contributed by atoms with Crippen LogP contribution in [0, 0.1) is 5.82 Å². The highest BCUT2D eigenvalue weighted by Crippen LogP contribution is 2.39. The van der Waals surface area contributed by atoms with Gasteiger partial charge in [0.05, 0.1) is 5.71 Å². The summed E-state index contributed by atoms with van der Waals surface area (Å²) < 4.78 is 22.4. The number of aliphatic imine (C=N–C) groups is 1. The van der Waals surface area contributed by atoms with Gasteiger partial charge in [0.1, 0.15) is 16.8 Å². The standard InChI is InChI=1S/C21H17FN2O4/c1-3-5-15(23-2)13-7-4-6-11-12-8-9-24-10-14(21(26)27)18(25)16(22)17(24)20(12)28-19(11)13/h3-7,10H,8-9H2,1-2H3,(H,26,27)/b5-3-,23-15?. The molecule has 0 unspecified atom stereocenters. The molecule has 1 aliphatic heterocycles. The zero-order valence-electron chi connectivity index (χ0n) is 15.3. The van der Waals surface area contributed by atoms with Gasteiger partial charge >= 0.3 is 5.97 Å². The largest absolute Gasteiger partial charge is 0.477 e. The number of carbonyl (C=O) groups is 1. The molecule has 142 valence electrons. The number of fused-ring (bicyclic) bond motifs is 5. The van der Waals surface area contributed by atoms with Crippen LogP contribution in [0.5, 0.6) is 0 Å². The van der Waals surface area contributed by atoms with Crippen LogP contribution in [-0.4, -0.2) is 28.4 Å². The molecule has 28 heavy (non-hydrogen) atoms. The molecule has 2 aromatic heterocycles. The third-order valence-corrected chi connectivity index (χ3v) is 4.93. The summed E-state index contributed by atoms with van der Waals surface area (Å²) in [5.74, 6) is -2.30. The summed E-state index contributed by atoms with van der Waals surface area (Å²) in [6.45, 7) is 2.23. The van der Waals surface area contributed by atoms with Gasteiger partial charge in [-0.05, 0) is 25.5 Å². The molecule has 3 heterocycles. The molecule has 0 fully saturated rings. The minimum atomic E-state index is -1.45. The molecule has 0 bridgehead atoms. The van der Waals surface area contributed by atoms with Crippen molar-refractivity contribution in [2.24, 2.45) is 4.99 Å². The number of allylic oxidation sites excluding steroid dienone is 2. The van der Waals surface area contributed by atoms with E-state index < -0.39 is 22.8 Å². The molecule has 0 radical (unpaired) electrons. The van der Waals surface area contributed by atoms with E-state index >= 15 is 0 Å². The fraction of sp³-hybridized carbons (Fsp3) is 0.190. The lowest BCUT2D eigenvalue weighted by Gasteiger charge is -2.19. The van der Waals surface area contributed by atoms with Gasteiger partial charge in [0.15, 0.2) is 11.6 Å². The van der Waals surface area contributed by atoms with E-state index in [4.69, 9.17) is 9.52 Å². The summed E-state index contributed by atoms with van der Waals surface area (Å²) in [6, 6.07) is 5.64. The Bertz CT molecular complexity index is 1250. The summed E-state index contributed by atoms with van der Waals surface area (Å²) in [4.78, 5) is 27.7. The SMILES string of the molecule is C/C=C\C(=NC)c1cccc2c3c(oc12)-c1c(F)c(=O)c(C(=O)O)cn1CC3. The number of furan rings is 1. The van der Waals surface area contributed by atoms with Crippen molar-refractivity contribution >= 4 is 22.7 Å². The Kier molecular flexibility index (Phi) is 4.22. The molecule has 3 aromatic rings. The number of para-hydroxylation sites is 1. The fourth-order valence-electron chi connectivity index (χ4n) is 3.68. The van der Waals surface area contributed by atoms with Crippen molar-refractivity contribution in [1.82, 2.24) is 4.57 Å². The minimum absolute atomic E-state index is 0.0144. The number of benzene rings is 1. The number of carboxylic acids is 1. The smallest absolute Gasteiger partial charge is 0.341 e. The number of pyridine rings is 1. The first-order valence-electron chi connectivity index (χ1n) is 8.78. The summed E-state index contributed by atoms with van der Waals surface area (Å²) >= 11 is 0. The van der Waals surface area contributed by atoms with Gasteiger partial charge in [0, 0.05) is 36.3 Å². The monoisotopic (exact) mass is 380 g/mol. The summed E-state index contributed by atoms with van der Waals surface area (Å²) in [5, 5.41) is 9.99. The molecule has 0 atom stereocenters. The zero-order chi connectivity index (χ0) is 20.0. The lowest BCUT2D eigenvalue weighted by atomic mass is 9.99. The van der Waals surface area contributed by atoms with Gasteiger partial charge in [-0.25, -0.2) is 9.18 Å². The van der Waals surface area contributed by atoms with Crippen LogP contribution in [-0.2, 0) is 13.0 Å². The molecular formula is C21H17FN2O4. The van der Waals surface area contributed by atoms with Crippen molar-refractivity contribution in [2.75, 3.05) is 7.05 Å². The first kappa shape index (κ1) is 17.9. The average molecular weight is 380 g/mol. The van der Waals surface area contributed by atoms with E-state index in [1.54, 1.807) is 7.05 Å². The van der Waals surface area contributed by atoms with Crippen LogP contribution in [0.1, 0.15) is 28.4 Å². The molecule has 0 aliphatic carbocycles. The zero-order valence-corrected chi connectivity index (χ0v) is 15.3. The van der Waals surface area contributed by atoms with Gasteiger partial charge in [-0.2, -0.15) is 0 Å². The fourth-order valence-corrected chi connectivity index (χ4v) is 3.68. The molecule has 1 aliphatic rings. The maximum atomic E-state index is 14.9. The Balaban J connectivity index is 2.04. The van der Waals surface area contributed by atoms with Crippen molar-refractivity contribution in [3.8, 4) is 11.5 Å². The van der Waals surface area contributed by atoms with Crippen LogP contribution in [0.25, 0.3) is 22.4 Å². The molecule has 0 saturated heterocycles. The van der Waals surface area contributed by atoms with Gasteiger partial charge in [-0.15, -0.1) is 0 Å². The number of hydrogen-bond donors (Lipinski definition) is 1. The average Bonchev–Trinajstić information content (AvgIpc) is 3.07. The lowest BCUT2D eigenvalue weighted by molar-refractivity contribution is 0.0693. The van der Waals surface area contributed by atoms with Crippen LogP contribution < -0.4 is 5.43 Å². The predicted molar refractivity (Wildman–Crippen MR) is 104 cm³/mol. The van der Waals surface area contributed by atoms with Crippen LogP contribution in [0.3, 0.4) is 0 Å². The summed E-state index contributed by atoms with van der Waals surface area (Å²) in [7, 11) is 1.68. The molecule has 0 amide bonds. The van der Waals surface area contributed by atoms with Gasteiger partial charge < -0.3 is 14.1 Å². The number of nitrogens with zero attached hydrogens (tertiary/aromatic N) is 2.